The van der Waals surface area contributed by atoms with Crippen molar-refractivity contribution in [1.29, 1.82) is 0 Å². The van der Waals surface area contributed by atoms with Crippen LogP contribution in [-0.2, 0) is 10.0 Å². The van der Waals surface area contributed by atoms with Crippen LogP contribution in [0.25, 0.3) is 0 Å². The summed E-state index contributed by atoms with van der Waals surface area (Å²) in [6.45, 7) is 5.38. The van der Waals surface area contributed by atoms with Gasteiger partial charge in [0.1, 0.15) is 0 Å². The van der Waals surface area contributed by atoms with Gasteiger partial charge in [0.15, 0.2) is 0 Å². The lowest BCUT2D eigenvalue weighted by Crippen LogP contribution is -2.50. The van der Waals surface area contributed by atoms with Crippen molar-refractivity contribution in [2.45, 2.75) is 32.4 Å². The summed E-state index contributed by atoms with van der Waals surface area (Å²) < 4.78 is 24.8. The number of piperidine rings is 1. The lowest BCUT2D eigenvalue weighted by molar-refractivity contribution is 0.210. The number of hydrogen-bond donors (Lipinski definition) is 1. The molecule has 0 unspecified atom stereocenters. The van der Waals surface area contributed by atoms with Gasteiger partial charge in [0.25, 0.3) is 0 Å². The summed E-state index contributed by atoms with van der Waals surface area (Å²) in [6.07, 6.45) is 2.11. The zero-order chi connectivity index (χ0) is 15.6. The van der Waals surface area contributed by atoms with Crippen molar-refractivity contribution in [2.24, 2.45) is 5.92 Å². The molecule has 2 rings (SSSR count). The molecule has 1 fully saturated rings. The van der Waals surface area contributed by atoms with Gasteiger partial charge < -0.3 is 5.32 Å². The molecule has 1 saturated heterocycles. The van der Waals surface area contributed by atoms with Gasteiger partial charge in [-0.25, -0.2) is 12.7 Å². The standard InChI is InChI=1S/C15H23ClN2O2S/c1-11-10-18(21(3,19)20)8-7-15(11)17-12(2)13-5-4-6-14(16)9-13/h4-6,9,11-12,15,17H,7-8,10H2,1-3H3/t11-,12-,15-/m0/s1. The van der Waals surface area contributed by atoms with Crippen molar-refractivity contribution < 1.29 is 8.42 Å². The van der Waals surface area contributed by atoms with Gasteiger partial charge in [-0.15, -0.1) is 0 Å². The summed E-state index contributed by atoms with van der Waals surface area (Å²) in [5, 5.41) is 4.34. The molecule has 0 amide bonds. The molecule has 1 aliphatic heterocycles. The highest BCUT2D eigenvalue weighted by molar-refractivity contribution is 7.88. The van der Waals surface area contributed by atoms with E-state index in [0.717, 1.165) is 17.0 Å². The topological polar surface area (TPSA) is 49.4 Å². The first-order valence-electron chi connectivity index (χ1n) is 7.24. The molecule has 0 aromatic heterocycles. The zero-order valence-corrected chi connectivity index (χ0v) is 14.3. The monoisotopic (exact) mass is 330 g/mol. The first-order valence-corrected chi connectivity index (χ1v) is 9.46. The van der Waals surface area contributed by atoms with Crippen molar-refractivity contribution in [3.8, 4) is 0 Å². The van der Waals surface area contributed by atoms with Crippen molar-refractivity contribution in [3.63, 3.8) is 0 Å². The number of nitrogens with zero attached hydrogens (tertiary/aromatic N) is 1. The molecule has 1 aliphatic rings. The Balaban J connectivity index is 1.98. The van der Waals surface area contributed by atoms with Crippen LogP contribution in [0.4, 0.5) is 0 Å². The number of rotatable bonds is 4. The fourth-order valence-corrected chi connectivity index (χ4v) is 3.99. The highest BCUT2D eigenvalue weighted by Crippen LogP contribution is 2.23. The predicted octanol–water partition coefficient (Wildman–Crippen LogP) is 2.66. The Bertz CT molecular complexity index is 591. The van der Waals surface area contributed by atoms with Crippen LogP contribution in [-0.4, -0.2) is 38.1 Å². The van der Waals surface area contributed by atoms with Crippen molar-refractivity contribution in [2.75, 3.05) is 19.3 Å². The molecular weight excluding hydrogens is 308 g/mol. The van der Waals surface area contributed by atoms with Gasteiger partial charge in [-0.2, -0.15) is 0 Å². The summed E-state index contributed by atoms with van der Waals surface area (Å²) in [5.74, 6) is 0.287. The van der Waals surface area contributed by atoms with Crippen LogP contribution in [0.2, 0.25) is 5.02 Å². The molecule has 0 bridgehead atoms. The highest BCUT2D eigenvalue weighted by Gasteiger charge is 2.31. The molecule has 21 heavy (non-hydrogen) atoms. The lowest BCUT2D eigenvalue weighted by atomic mass is 9.93. The molecule has 0 radical (unpaired) electrons. The molecule has 1 heterocycles. The normalized spacial score (nSPS) is 25.7. The number of nitrogens with one attached hydrogen (secondary N) is 1. The quantitative estimate of drug-likeness (QED) is 0.923. The molecule has 3 atom stereocenters. The summed E-state index contributed by atoms with van der Waals surface area (Å²) in [5.41, 5.74) is 1.15. The van der Waals surface area contributed by atoms with E-state index >= 15 is 0 Å². The average Bonchev–Trinajstić information content (AvgIpc) is 2.39. The van der Waals surface area contributed by atoms with Gasteiger partial charge >= 0.3 is 0 Å². The second kappa shape index (κ2) is 6.65. The van der Waals surface area contributed by atoms with Gasteiger partial charge in [-0.05, 0) is 37.0 Å². The van der Waals surface area contributed by atoms with E-state index in [0.29, 0.717) is 19.1 Å². The van der Waals surface area contributed by atoms with Crippen LogP contribution in [0, 0.1) is 5.92 Å². The largest absolute Gasteiger partial charge is 0.307 e. The van der Waals surface area contributed by atoms with E-state index in [1.165, 1.54) is 6.26 Å². The van der Waals surface area contributed by atoms with Crippen LogP contribution in [0.15, 0.2) is 24.3 Å². The summed E-state index contributed by atoms with van der Waals surface area (Å²) in [4.78, 5) is 0. The number of halogens is 1. The fourth-order valence-electron chi connectivity index (χ4n) is 2.85. The van der Waals surface area contributed by atoms with E-state index in [2.05, 4.69) is 25.2 Å². The molecular formula is C15H23ClN2O2S. The van der Waals surface area contributed by atoms with E-state index < -0.39 is 10.0 Å². The SMILES string of the molecule is C[C@H](N[C@H]1CCN(S(C)(=O)=O)C[C@@H]1C)c1cccc(Cl)c1. The van der Waals surface area contributed by atoms with Crippen LogP contribution in [0.3, 0.4) is 0 Å². The highest BCUT2D eigenvalue weighted by atomic mass is 35.5. The van der Waals surface area contributed by atoms with E-state index in [-0.39, 0.29) is 12.0 Å². The Morgan fingerprint density at radius 1 is 1.43 bits per heavy atom. The zero-order valence-electron chi connectivity index (χ0n) is 12.7. The number of benzene rings is 1. The van der Waals surface area contributed by atoms with Crippen LogP contribution >= 0.6 is 11.6 Å². The maximum atomic E-state index is 11.6. The van der Waals surface area contributed by atoms with Gasteiger partial charge in [-0.3, -0.25) is 0 Å². The Hall–Kier alpha value is -0.620. The Morgan fingerprint density at radius 3 is 2.71 bits per heavy atom. The molecule has 0 spiro atoms. The van der Waals surface area contributed by atoms with Crippen LogP contribution in [0.5, 0.6) is 0 Å². The van der Waals surface area contributed by atoms with Crippen molar-refractivity contribution in [3.05, 3.63) is 34.9 Å². The molecule has 0 saturated carbocycles. The smallest absolute Gasteiger partial charge is 0.211 e. The maximum absolute atomic E-state index is 11.6. The summed E-state index contributed by atoms with van der Waals surface area (Å²) in [6, 6.07) is 8.35. The van der Waals surface area contributed by atoms with E-state index in [1.807, 2.05) is 18.2 Å². The third-order valence-corrected chi connectivity index (χ3v) is 5.65. The van der Waals surface area contributed by atoms with E-state index in [1.54, 1.807) is 4.31 Å². The third-order valence-electron chi connectivity index (χ3n) is 4.15. The van der Waals surface area contributed by atoms with Crippen molar-refractivity contribution in [1.82, 2.24) is 9.62 Å². The molecule has 4 nitrogen and oxygen atoms in total. The lowest BCUT2D eigenvalue weighted by Gasteiger charge is -2.37. The Kier molecular flexibility index (Phi) is 5.30. The third kappa shape index (κ3) is 4.42. The number of sulfonamides is 1. The summed E-state index contributed by atoms with van der Waals surface area (Å²) in [7, 11) is -3.08. The van der Waals surface area contributed by atoms with Crippen molar-refractivity contribution >= 4 is 21.6 Å². The number of hydrogen-bond acceptors (Lipinski definition) is 3. The predicted molar refractivity (Wildman–Crippen MR) is 87.0 cm³/mol. The van der Waals surface area contributed by atoms with E-state index in [9.17, 15) is 8.42 Å². The molecule has 0 aliphatic carbocycles. The minimum absolute atomic E-state index is 0.195. The first kappa shape index (κ1) is 16.7. The van der Waals surface area contributed by atoms with Gasteiger partial charge in [0, 0.05) is 30.2 Å². The first-order chi connectivity index (χ1) is 9.77. The molecule has 118 valence electrons. The fraction of sp³-hybridized carbons (Fsp3) is 0.600. The second-order valence-corrected chi connectivity index (χ2v) is 8.36. The van der Waals surface area contributed by atoms with Gasteiger partial charge in [0.2, 0.25) is 10.0 Å². The average molecular weight is 331 g/mol. The summed E-state index contributed by atoms with van der Waals surface area (Å²) >= 11 is 6.03. The minimum Gasteiger partial charge on any atom is -0.307 e. The van der Waals surface area contributed by atoms with Gasteiger partial charge in [0.05, 0.1) is 6.26 Å². The van der Waals surface area contributed by atoms with Gasteiger partial charge in [-0.1, -0.05) is 30.7 Å². The Labute approximate surface area is 132 Å². The van der Waals surface area contributed by atoms with E-state index in [4.69, 9.17) is 11.6 Å². The molecule has 1 aromatic rings. The molecule has 6 heteroatoms. The maximum Gasteiger partial charge on any atom is 0.211 e. The van der Waals surface area contributed by atoms with Crippen LogP contribution < -0.4 is 5.32 Å². The second-order valence-electron chi connectivity index (χ2n) is 5.94. The molecule has 1 aromatic carbocycles. The van der Waals surface area contributed by atoms with Crippen LogP contribution in [0.1, 0.15) is 31.9 Å². The minimum atomic E-state index is -3.08. The molecule has 1 N–H and O–H groups in total. The Morgan fingerprint density at radius 2 is 2.14 bits per heavy atom.